The predicted octanol–water partition coefficient (Wildman–Crippen LogP) is 3.05. The Morgan fingerprint density at radius 3 is 2.67 bits per heavy atom. The van der Waals surface area contributed by atoms with Crippen molar-refractivity contribution in [2.45, 2.75) is 31.3 Å². The van der Waals surface area contributed by atoms with Crippen LogP contribution in [0.2, 0.25) is 5.02 Å². The number of halogens is 1. The molecule has 0 spiro atoms. The second kappa shape index (κ2) is 6.42. The van der Waals surface area contributed by atoms with Gasteiger partial charge in [0.25, 0.3) is 0 Å². The summed E-state index contributed by atoms with van der Waals surface area (Å²) in [7, 11) is 0. The maximum Gasteiger partial charge on any atom is 0.138 e. The van der Waals surface area contributed by atoms with Gasteiger partial charge in [-0.25, -0.2) is 0 Å². The minimum absolute atomic E-state index is 0.259. The van der Waals surface area contributed by atoms with E-state index in [1.165, 1.54) is 12.8 Å². The van der Waals surface area contributed by atoms with Crippen LogP contribution in [0.1, 0.15) is 25.7 Å². The Hall–Kier alpha value is -0.970. The molecule has 116 valence electrons. The van der Waals surface area contributed by atoms with Gasteiger partial charge >= 0.3 is 0 Å². The number of ether oxygens (including phenoxy) is 3. The summed E-state index contributed by atoms with van der Waals surface area (Å²) in [6.45, 7) is 2.15. The maximum atomic E-state index is 10.3. The Morgan fingerprint density at radius 2 is 2.00 bits per heavy atom. The molecule has 4 nitrogen and oxygen atoms in total. The van der Waals surface area contributed by atoms with Gasteiger partial charge in [0.1, 0.15) is 23.7 Å². The summed E-state index contributed by atoms with van der Waals surface area (Å²) in [4.78, 5) is 0. The minimum Gasteiger partial charge on any atom is -0.492 e. The monoisotopic (exact) mass is 312 g/mol. The molecule has 0 bridgehead atoms. The molecule has 1 saturated carbocycles. The minimum atomic E-state index is -0.800. The molecule has 0 unspecified atom stereocenters. The summed E-state index contributed by atoms with van der Waals surface area (Å²) < 4.78 is 16.6. The first-order chi connectivity index (χ1) is 10.1. The van der Waals surface area contributed by atoms with Crippen LogP contribution >= 0.6 is 11.6 Å². The van der Waals surface area contributed by atoms with E-state index in [0.717, 1.165) is 6.61 Å². The Balaban J connectivity index is 1.54. The number of hydrogen-bond acceptors (Lipinski definition) is 4. The van der Waals surface area contributed by atoms with Crippen molar-refractivity contribution < 1.29 is 19.3 Å². The molecule has 1 aliphatic heterocycles. The van der Waals surface area contributed by atoms with Crippen LogP contribution in [0.5, 0.6) is 11.5 Å². The molecule has 1 aromatic carbocycles. The van der Waals surface area contributed by atoms with Gasteiger partial charge in [-0.3, -0.25) is 0 Å². The van der Waals surface area contributed by atoms with Gasteiger partial charge in [-0.15, -0.1) is 0 Å². The van der Waals surface area contributed by atoms with Gasteiger partial charge in [0.05, 0.1) is 11.6 Å². The molecule has 0 radical (unpaired) electrons. The van der Waals surface area contributed by atoms with Crippen LogP contribution in [-0.2, 0) is 4.74 Å². The maximum absolute atomic E-state index is 10.3. The average molecular weight is 313 g/mol. The molecule has 1 N–H and O–H groups in total. The van der Waals surface area contributed by atoms with Crippen molar-refractivity contribution in [3.05, 3.63) is 23.2 Å². The van der Waals surface area contributed by atoms with Crippen LogP contribution in [0, 0.1) is 5.92 Å². The highest BCUT2D eigenvalue weighted by atomic mass is 35.5. The van der Waals surface area contributed by atoms with E-state index in [4.69, 9.17) is 25.8 Å². The summed E-state index contributed by atoms with van der Waals surface area (Å²) in [6, 6.07) is 5.40. The molecule has 1 heterocycles. The van der Waals surface area contributed by atoms with Crippen molar-refractivity contribution in [2.75, 3.05) is 26.4 Å². The van der Waals surface area contributed by atoms with Crippen LogP contribution in [0.25, 0.3) is 0 Å². The van der Waals surface area contributed by atoms with E-state index in [2.05, 4.69) is 0 Å². The molecule has 3 rings (SSSR count). The van der Waals surface area contributed by atoms with E-state index in [0.29, 0.717) is 48.5 Å². The molecule has 0 amide bonds. The second-order valence-corrected chi connectivity index (χ2v) is 6.38. The Morgan fingerprint density at radius 1 is 1.24 bits per heavy atom. The molecular formula is C16H21ClO4. The molecule has 2 fully saturated rings. The third kappa shape index (κ3) is 4.25. The van der Waals surface area contributed by atoms with Crippen molar-refractivity contribution in [1.82, 2.24) is 0 Å². The third-order valence-corrected chi connectivity index (χ3v) is 4.30. The molecule has 1 aliphatic carbocycles. The van der Waals surface area contributed by atoms with Crippen molar-refractivity contribution in [2.24, 2.45) is 5.92 Å². The number of benzene rings is 1. The zero-order valence-electron chi connectivity index (χ0n) is 12.0. The lowest BCUT2D eigenvalue weighted by atomic mass is 9.96. The number of hydrogen-bond donors (Lipinski definition) is 1. The largest absolute Gasteiger partial charge is 0.492 e. The molecule has 2 aliphatic rings. The average Bonchev–Trinajstić information content (AvgIpc) is 3.29. The lowest BCUT2D eigenvalue weighted by molar-refractivity contribution is -0.0855. The standard InChI is InChI=1S/C16H21ClO4/c17-14-9-13(3-4-15(14)20-10-12-1-2-12)21-11-16(18)5-7-19-8-6-16/h3-4,9,12,18H,1-2,5-8,10-11H2. The molecule has 21 heavy (non-hydrogen) atoms. The van der Waals surface area contributed by atoms with Crippen LogP contribution in [-0.4, -0.2) is 37.1 Å². The molecular weight excluding hydrogens is 292 g/mol. The van der Waals surface area contributed by atoms with Crippen molar-refractivity contribution in [3.8, 4) is 11.5 Å². The first-order valence-electron chi connectivity index (χ1n) is 7.50. The third-order valence-electron chi connectivity index (χ3n) is 4.01. The zero-order valence-corrected chi connectivity index (χ0v) is 12.8. The molecule has 0 aromatic heterocycles. The fourth-order valence-electron chi connectivity index (χ4n) is 2.29. The Kier molecular flexibility index (Phi) is 4.57. The topological polar surface area (TPSA) is 47.9 Å². The van der Waals surface area contributed by atoms with E-state index >= 15 is 0 Å². The van der Waals surface area contributed by atoms with E-state index in [1.807, 2.05) is 12.1 Å². The highest BCUT2D eigenvalue weighted by molar-refractivity contribution is 6.32. The van der Waals surface area contributed by atoms with Crippen LogP contribution in [0.4, 0.5) is 0 Å². The second-order valence-electron chi connectivity index (χ2n) is 5.97. The van der Waals surface area contributed by atoms with Crippen LogP contribution in [0.15, 0.2) is 18.2 Å². The highest BCUT2D eigenvalue weighted by Gasteiger charge is 2.30. The quantitative estimate of drug-likeness (QED) is 0.877. The molecule has 0 atom stereocenters. The fourth-order valence-corrected chi connectivity index (χ4v) is 2.52. The number of aliphatic hydroxyl groups is 1. The molecule has 1 saturated heterocycles. The number of rotatable bonds is 6. The van der Waals surface area contributed by atoms with Crippen molar-refractivity contribution in [1.29, 1.82) is 0 Å². The highest BCUT2D eigenvalue weighted by Crippen LogP contribution is 2.33. The van der Waals surface area contributed by atoms with Crippen LogP contribution < -0.4 is 9.47 Å². The van der Waals surface area contributed by atoms with E-state index in [-0.39, 0.29) is 6.61 Å². The van der Waals surface area contributed by atoms with Gasteiger partial charge in [-0.1, -0.05) is 11.6 Å². The van der Waals surface area contributed by atoms with Gasteiger partial charge in [0.2, 0.25) is 0 Å². The Bertz CT molecular complexity index is 481. The summed E-state index contributed by atoms with van der Waals surface area (Å²) in [5.41, 5.74) is -0.800. The Labute approximate surface area is 130 Å². The fraction of sp³-hybridized carbons (Fsp3) is 0.625. The molecule has 1 aromatic rings. The summed E-state index contributed by atoms with van der Waals surface area (Å²) in [5, 5.41) is 10.9. The molecule has 5 heteroatoms. The first kappa shape index (κ1) is 14.9. The summed E-state index contributed by atoms with van der Waals surface area (Å²) in [6.07, 6.45) is 3.70. The van der Waals surface area contributed by atoms with Crippen molar-refractivity contribution in [3.63, 3.8) is 0 Å². The first-order valence-corrected chi connectivity index (χ1v) is 7.88. The summed E-state index contributed by atoms with van der Waals surface area (Å²) >= 11 is 6.20. The van der Waals surface area contributed by atoms with Crippen molar-refractivity contribution >= 4 is 11.6 Å². The van der Waals surface area contributed by atoms with E-state index < -0.39 is 5.60 Å². The van der Waals surface area contributed by atoms with Gasteiger partial charge in [0.15, 0.2) is 0 Å². The van der Waals surface area contributed by atoms with Gasteiger partial charge in [-0.05, 0) is 30.9 Å². The lowest BCUT2D eigenvalue weighted by Crippen LogP contribution is -2.41. The SMILES string of the molecule is OC1(COc2ccc(OCC3CC3)c(Cl)c2)CCOCC1. The summed E-state index contributed by atoms with van der Waals surface area (Å²) in [5.74, 6) is 2.04. The van der Waals surface area contributed by atoms with Gasteiger partial charge in [-0.2, -0.15) is 0 Å². The smallest absolute Gasteiger partial charge is 0.138 e. The lowest BCUT2D eigenvalue weighted by Gasteiger charge is -2.31. The van der Waals surface area contributed by atoms with E-state index in [9.17, 15) is 5.11 Å². The predicted molar refractivity (Wildman–Crippen MR) is 80.2 cm³/mol. The van der Waals surface area contributed by atoms with Crippen LogP contribution in [0.3, 0.4) is 0 Å². The van der Waals surface area contributed by atoms with Gasteiger partial charge in [0, 0.05) is 32.1 Å². The van der Waals surface area contributed by atoms with Gasteiger partial charge < -0.3 is 19.3 Å². The zero-order chi connectivity index (χ0) is 14.7. The normalized spacial score (nSPS) is 21.0. The van der Waals surface area contributed by atoms with E-state index in [1.54, 1.807) is 6.07 Å².